The summed E-state index contributed by atoms with van der Waals surface area (Å²) >= 11 is 6.20. The Morgan fingerprint density at radius 2 is 1.69 bits per heavy atom. The molecule has 1 amide bonds. The maximum Gasteiger partial charge on any atom is 0.238 e. The van der Waals surface area contributed by atoms with Crippen molar-refractivity contribution in [3.05, 3.63) is 17.2 Å². The lowest BCUT2D eigenvalue weighted by Crippen LogP contribution is -2.37. The number of anilines is 1. The summed E-state index contributed by atoms with van der Waals surface area (Å²) in [5.74, 6) is 1.87. The minimum absolute atomic E-state index is 0.0507. The van der Waals surface area contributed by atoms with Crippen LogP contribution in [0.1, 0.15) is 38.5 Å². The summed E-state index contributed by atoms with van der Waals surface area (Å²) < 4.78 is 10.6. The van der Waals surface area contributed by atoms with Crippen LogP contribution in [0.3, 0.4) is 0 Å². The number of rotatable bonds is 7. The van der Waals surface area contributed by atoms with E-state index in [0.717, 1.165) is 38.5 Å². The van der Waals surface area contributed by atoms with Crippen LogP contribution in [0.15, 0.2) is 12.1 Å². The molecule has 0 radical (unpaired) electrons. The molecule has 0 bridgehead atoms. The second kappa shape index (κ2) is 11.0. The first-order valence-electron chi connectivity index (χ1n) is 10.7. The molecule has 0 atom stereocenters. The molecule has 0 aromatic heterocycles. The molecule has 1 aliphatic carbocycles. The van der Waals surface area contributed by atoms with E-state index in [1.807, 2.05) is 0 Å². The second-order valence-corrected chi connectivity index (χ2v) is 8.58. The molecule has 1 heterocycles. The quantitative estimate of drug-likeness (QED) is 0.721. The Morgan fingerprint density at radius 1 is 1.00 bits per heavy atom. The predicted molar refractivity (Wildman–Crippen MR) is 117 cm³/mol. The Hall–Kier alpha value is -1.50. The minimum Gasteiger partial charge on any atom is -0.495 e. The van der Waals surface area contributed by atoms with Crippen molar-refractivity contribution in [2.24, 2.45) is 5.92 Å². The number of ether oxygens (including phenoxy) is 2. The van der Waals surface area contributed by atoms with Crippen LogP contribution in [0.4, 0.5) is 5.69 Å². The molecule has 2 aliphatic rings. The van der Waals surface area contributed by atoms with Gasteiger partial charge in [0.25, 0.3) is 0 Å². The van der Waals surface area contributed by atoms with Crippen LogP contribution in [0.25, 0.3) is 0 Å². The molecule has 2 fully saturated rings. The molecule has 1 saturated heterocycles. The van der Waals surface area contributed by atoms with Crippen LogP contribution < -0.4 is 14.8 Å². The number of halogens is 1. The first kappa shape index (κ1) is 22.2. The highest BCUT2D eigenvalue weighted by Gasteiger charge is 2.21. The summed E-state index contributed by atoms with van der Waals surface area (Å²) in [6, 6.07) is 3.36. The van der Waals surface area contributed by atoms with Crippen molar-refractivity contribution >= 4 is 23.2 Å². The van der Waals surface area contributed by atoms with E-state index in [9.17, 15) is 4.79 Å². The summed E-state index contributed by atoms with van der Waals surface area (Å²) in [5.41, 5.74) is 0.567. The van der Waals surface area contributed by atoms with Gasteiger partial charge in [0, 0.05) is 25.7 Å². The van der Waals surface area contributed by atoms with E-state index in [2.05, 4.69) is 15.1 Å². The Labute approximate surface area is 179 Å². The zero-order chi connectivity index (χ0) is 20.6. The van der Waals surface area contributed by atoms with Crippen molar-refractivity contribution in [3.8, 4) is 11.5 Å². The van der Waals surface area contributed by atoms with Crippen molar-refractivity contribution in [1.29, 1.82) is 0 Å². The third-order valence-electron chi connectivity index (χ3n) is 6.04. The van der Waals surface area contributed by atoms with Crippen molar-refractivity contribution in [2.75, 3.05) is 58.8 Å². The highest BCUT2D eigenvalue weighted by Crippen LogP contribution is 2.35. The fourth-order valence-corrected chi connectivity index (χ4v) is 4.69. The zero-order valence-corrected chi connectivity index (χ0v) is 18.5. The average Bonchev–Trinajstić information content (AvgIpc) is 2.94. The van der Waals surface area contributed by atoms with Crippen LogP contribution in [-0.4, -0.2) is 69.2 Å². The molecule has 3 rings (SSSR count). The number of hydrogen-bond acceptors (Lipinski definition) is 5. The van der Waals surface area contributed by atoms with Crippen molar-refractivity contribution in [2.45, 2.75) is 38.5 Å². The fraction of sp³-hybridized carbons (Fsp3) is 0.682. The molecule has 0 unspecified atom stereocenters. The summed E-state index contributed by atoms with van der Waals surface area (Å²) in [6.45, 7) is 5.67. The van der Waals surface area contributed by atoms with E-state index in [0.29, 0.717) is 28.8 Å². The van der Waals surface area contributed by atoms with Gasteiger partial charge in [-0.2, -0.15) is 0 Å². The van der Waals surface area contributed by atoms with Gasteiger partial charge in [-0.05, 0) is 44.3 Å². The molecule has 0 spiro atoms. The van der Waals surface area contributed by atoms with Crippen molar-refractivity contribution in [1.82, 2.24) is 9.80 Å². The Kier molecular flexibility index (Phi) is 8.45. The van der Waals surface area contributed by atoms with E-state index in [1.165, 1.54) is 38.6 Å². The average molecular weight is 424 g/mol. The third-order valence-corrected chi connectivity index (χ3v) is 6.33. The summed E-state index contributed by atoms with van der Waals surface area (Å²) in [5, 5.41) is 3.38. The van der Waals surface area contributed by atoms with Gasteiger partial charge in [-0.3, -0.25) is 9.69 Å². The summed E-state index contributed by atoms with van der Waals surface area (Å²) in [4.78, 5) is 17.5. The summed E-state index contributed by atoms with van der Waals surface area (Å²) in [6.07, 6.45) is 8.07. The molecule has 1 aromatic carbocycles. The number of nitrogens with one attached hydrogen (secondary N) is 1. The van der Waals surface area contributed by atoms with Crippen molar-refractivity contribution < 1.29 is 14.3 Å². The van der Waals surface area contributed by atoms with Crippen LogP contribution in [0.2, 0.25) is 5.02 Å². The predicted octanol–water partition coefficient (Wildman–Crippen LogP) is 3.88. The maximum absolute atomic E-state index is 12.6. The molecular formula is C22H34ClN3O3. The topological polar surface area (TPSA) is 54.0 Å². The second-order valence-electron chi connectivity index (χ2n) is 8.17. The molecule has 6 nitrogen and oxygen atoms in total. The molecule has 7 heteroatoms. The SMILES string of the molecule is COc1cc(OC)c(NC(=O)CN2CCCN(CC3CCCCC3)CC2)cc1Cl. The van der Waals surface area contributed by atoms with Crippen LogP contribution in [0.5, 0.6) is 11.5 Å². The van der Waals surface area contributed by atoms with E-state index < -0.39 is 0 Å². The number of nitrogens with zero attached hydrogens (tertiary/aromatic N) is 2. The molecular weight excluding hydrogens is 390 g/mol. The van der Waals surface area contributed by atoms with E-state index in [1.54, 1.807) is 26.4 Å². The highest BCUT2D eigenvalue weighted by molar-refractivity contribution is 6.32. The van der Waals surface area contributed by atoms with E-state index >= 15 is 0 Å². The van der Waals surface area contributed by atoms with Gasteiger partial charge in [-0.1, -0.05) is 30.9 Å². The van der Waals surface area contributed by atoms with Gasteiger partial charge in [-0.25, -0.2) is 0 Å². The fourth-order valence-electron chi connectivity index (χ4n) is 4.45. The largest absolute Gasteiger partial charge is 0.495 e. The first-order chi connectivity index (χ1) is 14.1. The molecule has 162 valence electrons. The summed E-state index contributed by atoms with van der Waals surface area (Å²) in [7, 11) is 3.11. The highest BCUT2D eigenvalue weighted by atomic mass is 35.5. The Morgan fingerprint density at radius 3 is 2.41 bits per heavy atom. The number of methoxy groups -OCH3 is 2. The van der Waals surface area contributed by atoms with Gasteiger partial charge in [0.15, 0.2) is 0 Å². The molecule has 1 aliphatic heterocycles. The van der Waals surface area contributed by atoms with Gasteiger partial charge in [0.1, 0.15) is 11.5 Å². The number of carbonyl (C=O) groups is 1. The third kappa shape index (κ3) is 6.49. The smallest absolute Gasteiger partial charge is 0.238 e. The first-order valence-corrected chi connectivity index (χ1v) is 11.1. The normalized spacial score (nSPS) is 19.6. The van der Waals surface area contributed by atoms with Gasteiger partial charge in [-0.15, -0.1) is 0 Å². The molecule has 1 aromatic rings. The maximum atomic E-state index is 12.6. The van der Waals surface area contributed by atoms with Gasteiger partial charge in [0.05, 0.1) is 31.5 Å². The zero-order valence-electron chi connectivity index (χ0n) is 17.7. The van der Waals surface area contributed by atoms with Gasteiger partial charge in [0.2, 0.25) is 5.91 Å². The molecule has 1 N–H and O–H groups in total. The van der Waals surface area contributed by atoms with E-state index in [-0.39, 0.29) is 5.91 Å². The lowest BCUT2D eigenvalue weighted by Gasteiger charge is -2.28. The molecule has 1 saturated carbocycles. The number of benzene rings is 1. The van der Waals surface area contributed by atoms with Crippen molar-refractivity contribution in [3.63, 3.8) is 0 Å². The monoisotopic (exact) mass is 423 g/mol. The number of carbonyl (C=O) groups excluding carboxylic acids is 1. The Balaban J connectivity index is 1.50. The van der Waals surface area contributed by atoms with Crippen LogP contribution in [-0.2, 0) is 4.79 Å². The lowest BCUT2D eigenvalue weighted by molar-refractivity contribution is -0.117. The minimum atomic E-state index is -0.0507. The van der Waals surface area contributed by atoms with Gasteiger partial charge < -0.3 is 19.7 Å². The number of hydrogen-bond donors (Lipinski definition) is 1. The lowest BCUT2D eigenvalue weighted by atomic mass is 9.89. The van der Waals surface area contributed by atoms with Crippen LogP contribution in [0, 0.1) is 5.92 Å². The van der Waals surface area contributed by atoms with E-state index in [4.69, 9.17) is 21.1 Å². The standard InChI is InChI=1S/C22H34ClN3O3/c1-28-20-14-21(29-2)19(13-18(20)23)24-22(27)16-26-10-6-9-25(11-12-26)15-17-7-4-3-5-8-17/h13-14,17H,3-12,15-16H2,1-2H3,(H,24,27). The molecule has 29 heavy (non-hydrogen) atoms. The van der Waals surface area contributed by atoms with Crippen LogP contribution >= 0.6 is 11.6 Å². The Bertz CT molecular complexity index is 680. The van der Waals surface area contributed by atoms with Gasteiger partial charge >= 0.3 is 0 Å². The number of amides is 1.